The fraction of sp³-hybridized carbons (Fsp3) is 0.545. The molecule has 0 aliphatic carbocycles. The second kappa shape index (κ2) is 11.6. The Morgan fingerprint density at radius 2 is 1.93 bits per heavy atom. The summed E-state index contributed by atoms with van der Waals surface area (Å²) in [6, 6.07) is 6.61. The lowest BCUT2D eigenvalue weighted by molar-refractivity contribution is 0.163. The molecule has 0 bridgehead atoms. The third-order valence-electron chi connectivity index (χ3n) is 5.59. The summed E-state index contributed by atoms with van der Waals surface area (Å²) in [7, 11) is 3.80. The zero-order valence-electron chi connectivity index (χ0n) is 18.3. The summed E-state index contributed by atoms with van der Waals surface area (Å²) in [6.07, 6.45) is 2.29. The lowest BCUT2D eigenvalue weighted by Crippen LogP contribution is -2.43. The first-order chi connectivity index (χ1) is 13.9. The third-order valence-corrected chi connectivity index (χ3v) is 5.59. The number of aliphatic imine (C=N–C) groups is 1. The SMILES string of the molecule is CN=C(NCC1CCN(Cc2nc(C)c(C)o2)CC1)N(C)Cc1ccc(F)cc1.I. The van der Waals surface area contributed by atoms with E-state index in [4.69, 9.17) is 4.42 Å². The zero-order valence-corrected chi connectivity index (χ0v) is 20.7. The zero-order chi connectivity index (χ0) is 20.8. The van der Waals surface area contributed by atoms with Gasteiger partial charge in [-0.3, -0.25) is 9.89 Å². The van der Waals surface area contributed by atoms with Gasteiger partial charge >= 0.3 is 0 Å². The summed E-state index contributed by atoms with van der Waals surface area (Å²) in [4.78, 5) is 13.4. The summed E-state index contributed by atoms with van der Waals surface area (Å²) in [6.45, 7) is 8.44. The molecular weight excluding hydrogens is 496 g/mol. The molecule has 1 fully saturated rings. The summed E-state index contributed by atoms with van der Waals surface area (Å²) >= 11 is 0. The molecule has 1 N–H and O–H groups in total. The minimum Gasteiger partial charge on any atom is -0.444 e. The fourth-order valence-corrected chi connectivity index (χ4v) is 3.71. The van der Waals surface area contributed by atoms with Crippen LogP contribution in [0.15, 0.2) is 33.7 Å². The van der Waals surface area contributed by atoms with E-state index in [0.717, 1.165) is 67.9 Å². The Morgan fingerprint density at radius 3 is 2.50 bits per heavy atom. The number of guanidine groups is 1. The number of aryl methyl sites for hydroxylation is 2. The molecule has 0 atom stereocenters. The number of nitrogens with zero attached hydrogens (tertiary/aromatic N) is 4. The average Bonchev–Trinajstić information content (AvgIpc) is 3.02. The molecule has 0 amide bonds. The van der Waals surface area contributed by atoms with Crippen LogP contribution in [0.1, 0.15) is 35.7 Å². The van der Waals surface area contributed by atoms with Crippen LogP contribution in [0.2, 0.25) is 0 Å². The minimum absolute atomic E-state index is 0. The van der Waals surface area contributed by atoms with Crippen LogP contribution >= 0.6 is 24.0 Å². The van der Waals surface area contributed by atoms with Crippen molar-refractivity contribution in [2.45, 2.75) is 39.8 Å². The van der Waals surface area contributed by atoms with Crippen LogP contribution in [0.4, 0.5) is 4.39 Å². The monoisotopic (exact) mass is 529 g/mol. The number of hydrogen-bond acceptors (Lipinski definition) is 4. The van der Waals surface area contributed by atoms with Crippen LogP contribution in [0, 0.1) is 25.6 Å². The quantitative estimate of drug-likeness (QED) is 0.349. The average molecular weight is 529 g/mol. The van der Waals surface area contributed by atoms with E-state index in [1.54, 1.807) is 7.05 Å². The first-order valence-corrected chi connectivity index (χ1v) is 10.3. The normalized spacial score (nSPS) is 15.7. The van der Waals surface area contributed by atoms with E-state index in [2.05, 4.69) is 25.1 Å². The third kappa shape index (κ3) is 6.94. The van der Waals surface area contributed by atoms with Gasteiger partial charge in [-0.05, 0) is 63.4 Å². The molecule has 1 aromatic heterocycles. The van der Waals surface area contributed by atoms with Gasteiger partial charge in [-0.1, -0.05) is 12.1 Å². The van der Waals surface area contributed by atoms with E-state index in [0.29, 0.717) is 12.5 Å². The maximum Gasteiger partial charge on any atom is 0.208 e. The molecule has 0 spiro atoms. The molecule has 0 saturated carbocycles. The molecule has 6 nitrogen and oxygen atoms in total. The molecule has 1 saturated heterocycles. The number of hydrogen-bond donors (Lipinski definition) is 1. The molecule has 1 aromatic carbocycles. The molecule has 1 aliphatic rings. The molecular formula is C22H33FIN5O. The van der Waals surface area contributed by atoms with Gasteiger partial charge in [0.2, 0.25) is 5.89 Å². The highest BCUT2D eigenvalue weighted by Crippen LogP contribution is 2.19. The van der Waals surface area contributed by atoms with Crippen molar-refractivity contribution in [1.29, 1.82) is 0 Å². The van der Waals surface area contributed by atoms with E-state index >= 15 is 0 Å². The predicted octanol–water partition coefficient (Wildman–Crippen LogP) is 3.97. The van der Waals surface area contributed by atoms with Crippen molar-refractivity contribution in [2.75, 3.05) is 33.7 Å². The second-order valence-corrected chi connectivity index (χ2v) is 7.88. The number of oxazole rings is 1. The van der Waals surface area contributed by atoms with E-state index in [1.807, 2.05) is 33.0 Å². The van der Waals surface area contributed by atoms with Gasteiger partial charge in [-0.2, -0.15) is 0 Å². The highest BCUT2D eigenvalue weighted by atomic mass is 127. The van der Waals surface area contributed by atoms with Crippen LogP contribution in [0.3, 0.4) is 0 Å². The number of likely N-dealkylation sites (tertiary alicyclic amines) is 1. The second-order valence-electron chi connectivity index (χ2n) is 7.88. The van der Waals surface area contributed by atoms with Crippen molar-refractivity contribution in [2.24, 2.45) is 10.9 Å². The molecule has 1 aliphatic heterocycles. The minimum atomic E-state index is -0.210. The van der Waals surface area contributed by atoms with Gasteiger partial charge in [0.05, 0.1) is 12.2 Å². The summed E-state index contributed by atoms with van der Waals surface area (Å²) in [5.74, 6) is 3.01. The Bertz CT molecular complexity index is 796. The molecule has 30 heavy (non-hydrogen) atoms. The van der Waals surface area contributed by atoms with Crippen LogP contribution in [0.25, 0.3) is 0 Å². The Hall–Kier alpha value is -1.68. The van der Waals surface area contributed by atoms with E-state index in [1.165, 1.54) is 12.1 Å². The van der Waals surface area contributed by atoms with E-state index in [9.17, 15) is 4.39 Å². The van der Waals surface area contributed by atoms with Gasteiger partial charge < -0.3 is 14.6 Å². The van der Waals surface area contributed by atoms with Crippen molar-refractivity contribution >= 4 is 29.9 Å². The largest absolute Gasteiger partial charge is 0.444 e. The Morgan fingerprint density at radius 1 is 1.27 bits per heavy atom. The Labute approximate surface area is 196 Å². The maximum atomic E-state index is 13.1. The molecule has 8 heteroatoms. The highest BCUT2D eigenvalue weighted by Gasteiger charge is 2.21. The fourth-order valence-electron chi connectivity index (χ4n) is 3.71. The highest BCUT2D eigenvalue weighted by molar-refractivity contribution is 14.0. The van der Waals surface area contributed by atoms with Crippen molar-refractivity contribution in [3.05, 3.63) is 53.0 Å². The van der Waals surface area contributed by atoms with Crippen LogP contribution in [-0.4, -0.2) is 54.5 Å². The number of aromatic nitrogens is 1. The molecule has 0 unspecified atom stereocenters. The number of benzene rings is 1. The first kappa shape index (κ1) is 24.6. The molecule has 3 rings (SSSR count). The summed E-state index contributed by atoms with van der Waals surface area (Å²) in [5.41, 5.74) is 2.04. The standard InChI is InChI=1S/C22H32FN5O.HI/c1-16-17(2)29-21(26-16)15-28-11-9-18(10-12-28)13-25-22(24-3)27(4)14-19-5-7-20(23)8-6-19;/h5-8,18H,9-15H2,1-4H3,(H,24,25);1H. The van der Waals surface area contributed by atoms with Gasteiger partial charge in [-0.25, -0.2) is 9.37 Å². The van der Waals surface area contributed by atoms with Crippen LogP contribution in [-0.2, 0) is 13.1 Å². The molecule has 0 radical (unpaired) electrons. The van der Waals surface area contributed by atoms with Crippen molar-refractivity contribution < 1.29 is 8.81 Å². The summed E-state index contributed by atoms with van der Waals surface area (Å²) < 4.78 is 18.8. The van der Waals surface area contributed by atoms with E-state index < -0.39 is 0 Å². The van der Waals surface area contributed by atoms with Crippen LogP contribution in [0.5, 0.6) is 0 Å². The molecule has 2 aromatic rings. The lowest BCUT2D eigenvalue weighted by atomic mass is 9.97. The summed E-state index contributed by atoms with van der Waals surface area (Å²) in [5, 5.41) is 3.50. The van der Waals surface area contributed by atoms with Gasteiger partial charge in [-0.15, -0.1) is 24.0 Å². The Kier molecular flexibility index (Phi) is 9.54. The molecule has 166 valence electrons. The van der Waals surface area contributed by atoms with Gasteiger partial charge in [0.25, 0.3) is 0 Å². The Balaban J connectivity index is 0.00000320. The van der Waals surface area contributed by atoms with Gasteiger partial charge in [0.1, 0.15) is 11.6 Å². The molecule has 2 heterocycles. The number of nitrogens with one attached hydrogen (secondary N) is 1. The van der Waals surface area contributed by atoms with Crippen molar-refractivity contribution in [3.8, 4) is 0 Å². The van der Waals surface area contributed by atoms with Crippen molar-refractivity contribution in [3.63, 3.8) is 0 Å². The first-order valence-electron chi connectivity index (χ1n) is 10.3. The number of halogens is 2. The smallest absolute Gasteiger partial charge is 0.208 e. The van der Waals surface area contributed by atoms with Crippen molar-refractivity contribution in [1.82, 2.24) is 20.1 Å². The van der Waals surface area contributed by atoms with Gasteiger partial charge in [0.15, 0.2) is 5.96 Å². The van der Waals surface area contributed by atoms with E-state index in [-0.39, 0.29) is 29.8 Å². The maximum absolute atomic E-state index is 13.1. The predicted molar refractivity (Wildman–Crippen MR) is 129 cm³/mol. The number of rotatable bonds is 6. The topological polar surface area (TPSA) is 56.9 Å². The van der Waals surface area contributed by atoms with Crippen LogP contribution < -0.4 is 5.32 Å². The number of piperidine rings is 1. The van der Waals surface area contributed by atoms with Gasteiger partial charge in [0, 0.05) is 27.2 Å². The lowest BCUT2D eigenvalue weighted by Gasteiger charge is -2.32.